The third-order valence-corrected chi connectivity index (χ3v) is 6.05. The minimum Gasteiger partial charge on any atom is -0.507 e. The maximum atomic E-state index is 13.3. The first-order valence-corrected chi connectivity index (χ1v) is 11.2. The molecule has 1 saturated heterocycles. The molecule has 0 aromatic heterocycles. The number of carbonyl (C=O) groups excluding carboxylic acids is 2. The fourth-order valence-corrected chi connectivity index (χ4v) is 4.17. The van der Waals surface area contributed by atoms with Crippen LogP contribution in [-0.4, -0.2) is 23.4 Å². The van der Waals surface area contributed by atoms with E-state index in [1.807, 2.05) is 37.3 Å². The number of hydrogen-bond acceptors (Lipinski definition) is 4. The molecule has 1 atom stereocenters. The molecule has 1 unspecified atom stereocenters. The van der Waals surface area contributed by atoms with E-state index in [9.17, 15) is 14.7 Å². The molecule has 1 fully saturated rings. The second kappa shape index (κ2) is 9.51. The van der Waals surface area contributed by atoms with E-state index < -0.39 is 17.7 Å². The summed E-state index contributed by atoms with van der Waals surface area (Å²) in [6, 6.07) is 20.5. The Morgan fingerprint density at radius 3 is 2.48 bits per heavy atom. The summed E-state index contributed by atoms with van der Waals surface area (Å²) in [5.41, 5.74) is 2.34. The molecule has 1 heterocycles. The van der Waals surface area contributed by atoms with Crippen molar-refractivity contribution in [3.05, 3.63) is 100 Å². The van der Waals surface area contributed by atoms with Gasteiger partial charge in [0.2, 0.25) is 0 Å². The average molecular weight is 462 g/mol. The SMILES string of the molecule is CCCOc1cccc(/C(O)=C2\C(=O)C(=O)N(c3cccc(Cl)c3C)C2c2ccccc2)c1. The van der Waals surface area contributed by atoms with E-state index in [0.717, 1.165) is 6.42 Å². The Balaban J connectivity index is 1.91. The molecule has 33 heavy (non-hydrogen) atoms. The third-order valence-electron chi connectivity index (χ3n) is 5.64. The van der Waals surface area contributed by atoms with Gasteiger partial charge in [-0.15, -0.1) is 0 Å². The van der Waals surface area contributed by atoms with Gasteiger partial charge in [-0.05, 0) is 48.7 Å². The number of nitrogens with zero attached hydrogens (tertiary/aromatic N) is 1. The van der Waals surface area contributed by atoms with Crippen molar-refractivity contribution in [1.82, 2.24) is 0 Å². The van der Waals surface area contributed by atoms with Gasteiger partial charge in [-0.3, -0.25) is 14.5 Å². The molecular formula is C27H24ClNO4. The smallest absolute Gasteiger partial charge is 0.300 e. The molecule has 3 aromatic carbocycles. The Labute approximate surface area is 197 Å². The van der Waals surface area contributed by atoms with Crippen LogP contribution in [0.1, 0.15) is 36.1 Å². The predicted octanol–water partition coefficient (Wildman–Crippen LogP) is 6.06. The van der Waals surface area contributed by atoms with E-state index in [2.05, 4.69) is 0 Å². The average Bonchev–Trinajstić information content (AvgIpc) is 3.10. The number of carbonyl (C=O) groups is 2. The van der Waals surface area contributed by atoms with Gasteiger partial charge < -0.3 is 9.84 Å². The van der Waals surface area contributed by atoms with Crippen molar-refractivity contribution in [2.75, 3.05) is 11.5 Å². The highest BCUT2D eigenvalue weighted by atomic mass is 35.5. The van der Waals surface area contributed by atoms with E-state index in [0.29, 0.717) is 39.8 Å². The number of amides is 1. The van der Waals surface area contributed by atoms with Gasteiger partial charge in [0.25, 0.3) is 11.7 Å². The van der Waals surface area contributed by atoms with Crippen LogP contribution in [0.5, 0.6) is 5.75 Å². The fraction of sp³-hybridized carbons (Fsp3) is 0.185. The summed E-state index contributed by atoms with van der Waals surface area (Å²) in [6.07, 6.45) is 0.842. The normalized spacial score (nSPS) is 17.4. The topological polar surface area (TPSA) is 66.8 Å². The molecule has 1 aliphatic heterocycles. The second-order valence-corrected chi connectivity index (χ2v) is 8.25. The van der Waals surface area contributed by atoms with Crippen molar-refractivity contribution in [1.29, 1.82) is 0 Å². The van der Waals surface area contributed by atoms with Gasteiger partial charge in [-0.25, -0.2) is 0 Å². The third kappa shape index (κ3) is 4.24. The molecule has 0 radical (unpaired) electrons. The molecule has 1 N–H and O–H groups in total. The fourth-order valence-electron chi connectivity index (χ4n) is 4.00. The number of anilines is 1. The van der Waals surface area contributed by atoms with Crippen molar-refractivity contribution < 1.29 is 19.4 Å². The largest absolute Gasteiger partial charge is 0.507 e. The summed E-state index contributed by atoms with van der Waals surface area (Å²) in [7, 11) is 0. The summed E-state index contributed by atoms with van der Waals surface area (Å²) < 4.78 is 5.68. The van der Waals surface area contributed by atoms with E-state index in [1.54, 1.807) is 49.4 Å². The zero-order chi connectivity index (χ0) is 23.5. The monoisotopic (exact) mass is 461 g/mol. The molecule has 0 bridgehead atoms. The van der Waals surface area contributed by atoms with Crippen LogP contribution < -0.4 is 9.64 Å². The van der Waals surface area contributed by atoms with Crippen LogP contribution in [0, 0.1) is 6.92 Å². The van der Waals surface area contributed by atoms with Crippen molar-refractivity contribution in [2.45, 2.75) is 26.3 Å². The van der Waals surface area contributed by atoms with Gasteiger partial charge in [0, 0.05) is 16.3 Å². The number of halogens is 1. The lowest BCUT2D eigenvalue weighted by Crippen LogP contribution is -2.30. The highest BCUT2D eigenvalue weighted by molar-refractivity contribution is 6.52. The highest BCUT2D eigenvalue weighted by Gasteiger charge is 2.47. The molecule has 1 aliphatic rings. The molecule has 3 aromatic rings. The first kappa shape index (κ1) is 22.6. The summed E-state index contributed by atoms with van der Waals surface area (Å²) in [5.74, 6) is -1.13. The van der Waals surface area contributed by atoms with E-state index >= 15 is 0 Å². The van der Waals surface area contributed by atoms with Gasteiger partial charge in [-0.2, -0.15) is 0 Å². The number of ether oxygens (including phenoxy) is 1. The van der Waals surface area contributed by atoms with Crippen LogP contribution in [0.15, 0.2) is 78.4 Å². The second-order valence-electron chi connectivity index (χ2n) is 7.84. The zero-order valence-electron chi connectivity index (χ0n) is 18.4. The van der Waals surface area contributed by atoms with Gasteiger partial charge in [0.1, 0.15) is 11.5 Å². The molecule has 1 amide bonds. The van der Waals surface area contributed by atoms with Crippen LogP contribution in [0.2, 0.25) is 5.02 Å². The van der Waals surface area contributed by atoms with Crippen molar-refractivity contribution in [2.24, 2.45) is 0 Å². The molecule has 168 valence electrons. The standard InChI is InChI=1S/C27H24ClNO4/c1-3-15-33-20-12-7-11-19(16-20)25(30)23-24(18-9-5-4-6-10-18)29(27(32)26(23)31)22-14-8-13-21(28)17(22)2/h4-14,16,24,30H,3,15H2,1-2H3/b25-23+. The molecule has 0 spiro atoms. The summed E-state index contributed by atoms with van der Waals surface area (Å²) >= 11 is 6.33. The predicted molar refractivity (Wildman–Crippen MR) is 130 cm³/mol. The maximum Gasteiger partial charge on any atom is 0.300 e. The van der Waals surface area contributed by atoms with Crippen LogP contribution in [0.4, 0.5) is 5.69 Å². The summed E-state index contributed by atoms with van der Waals surface area (Å²) in [6.45, 7) is 4.34. The molecular weight excluding hydrogens is 438 g/mol. The van der Waals surface area contributed by atoms with Crippen molar-refractivity contribution >= 4 is 34.7 Å². The Hall–Kier alpha value is -3.57. The Bertz CT molecular complexity index is 1240. The minimum atomic E-state index is -0.802. The highest BCUT2D eigenvalue weighted by Crippen LogP contribution is 2.44. The summed E-state index contributed by atoms with van der Waals surface area (Å²) in [5, 5.41) is 11.8. The van der Waals surface area contributed by atoms with E-state index in [4.69, 9.17) is 16.3 Å². The number of hydrogen-bond donors (Lipinski definition) is 1. The van der Waals surface area contributed by atoms with E-state index in [1.165, 1.54) is 4.90 Å². The van der Waals surface area contributed by atoms with Crippen molar-refractivity contribution in [3.8, 4) is 5.75 Å². The summed E-state index contributed by atoms with van der Waals surface area (Å²) in [4.78, 5) is 28.0. The minimum absolute atomic E-state index is 0.0261. The number of rotatable bonds is 6. The first-order valence-electron chi connectivity index (χ1n) is 10.8. The maximum absolute atomic E-state index is 13.3. The van der Waals surface area contributed by atoms with Crippen LogP contribution >= 0.6 is 11.6 Å². The molecule has 5 nitrogen and oxygen atoms in total. The number of benzene rings is 3. The Morgan fingerprint density at radius 2 is 1.76 bits per heavy atom. The lowest BCUT2D eigenvalue weighted by molar-refractivity contribution is -0.132. The molecule has 4 rings (SSSR count). The van der Waals surface area contributed by atoms with Gasteiger partial charge in [0.15, 0.2) is 0 Å². The van der Waals surface area contributed by atoms with Gasteiger partial charge in [-0.1, -0.05) is 67.1 Å². The van der Waals surface area contributed by atoms with Crippen LogP contribution in [0.3, 0.4) is 0 Å². The molecule has 0 aliphatic carbocycles. The van der Waals surface area contributed by atoms with Crippen LogP contribution in [-0.2, 0) is 9.59 Å². The lowest BCUT2D eigenvalue weighted by atomic mass is 9.95. The quantitative estimate of drug-likeness (QED) is 0.275. The number of Topliss-reactive ketones (excluding diaryl/α,β-unsaturated/α-hetero) is 1. The molecule has 0 saturated carbocycles. The Kier molecular flexibility index (Phi) is 6.52. The van der Waals surface area contributed by atoms with Crippen molar-refractivity contribution in [3.63, 3.8) is 0 Å². The zero-order valence-corrected chi connectivity index (χ0v) is 19.2. The van der Waals surface area contributed by atoms with E-state index in [-0.39, 0.29) is 11.3 Å². The van der Waals surface area contributed by atoms with Crippen LogP contribution in [0.25, 0.3) is 5.76 Å². The Morgan fingerprint density at radius 1 is 1.03 bits per heavy atom. The number of aliphatic hydroxyl groups excluding tert-OH is 1. The number of ketones is 1. The lowest BCUT2D eigenvalue weighted by Gasteiger charge is -2.27. The first-order chi connectivity index (χ1) is 15.9. The van der Waals surface area contributed by atoms with Gasteiger partial charge >= 0.3 is 0 Å². The van der Waals surface area contributed by atoms with Gasteiger partial charge in [0.05, 0.1) is 18.2 Å². The number of aliphatic hydroxyl groups is 1. The molecule has 6 heteroatoms.